The zero-order valence-corrected chi connectivity index (χ0v) is 14.9. The van der Waals surface area contributed by atoms with Gasteiger partial charge in [-0.15, -0.1) is 0 Å². The Hall–Kier alpha value is -2.82. The van der Waals surface area contributed by atoms with Gasteiger partial charge in [0.15, 0.2) is 6.61 Å². The van der Waals surface area contributed by atoms with Crippen LogP contribution in [-0.4, -0.2) is 32.6 Å². The topological polar surface area (TPSA) is 58.6 Å². The van der Waals surface area contributed by atoms with E-state index in [0.717, 1.165) is 11.3 Å². The first-order valence-corrected chi connectivity index (χ1v) is 8.23. The van der Waals surface area contributed by atoms with Gasteiger partial charge in [-0.3, -0.25) is 9.59 Å². The molecule has 0 saturated heterocycles. The first kappa shape index (κ1) is 18.5. The highest BCUT2D eigenvalue weighted by atomic mass is 16.5. The first-order valence-electron chi connectivity index (χ1n) is 8.23. The monoisotopic (exact) mass is 340 g/mol. The lowest BCUT2D eigenvalue weighted by Gasteiger charge is -2.13. The Morgan fingerprint density at radius 1 is 1.04 bits per heavy atom. The van der Waals surface area contributed by atoms with Crippen molar-refractivity contribution < 1.29 is 14.3 Å². The molecule has 5 heteroatoms. The molecule has 132 valence electrons. The van der Waals surface area contributed by atoms with E-state index in [-0.39, 0.29) is 30.8 Å². The minimum atomic E-state index is -0.380. The number of hydrogen-bond acceptors (Lipinski definition) is 4. The van der Waals surface area contributed by atoms with Crippen molar-refractivity contribution in [1.82, 2.24) is 0 Å². The van der Waals surface area contributed by atoms with Crippen LogP contribution in [0.3, 0.4) is 0 Å². The summed E-state index contributed by atoms with van der Waals surface area (Å²) in [4.78, 5) is 25.8. The van der Waals surface area contributed by atoms with E-state index < -0.39 is 0 Å². The lowest BCUT2D eigenvalue weighted by atomic mass is 9.98. The number of carbonyl (C=O) groups excluding carboxylic acids is 2. The third-order valence-electron chi connectivity index (χ3n) is 3.87. The minimum Gasteiger partial charge on any atom is -0.456 e. The second kappa shape index (κ2) is 8.87. The Kier molecular flexibility index (Phi) is 6.57. The van der Waals surface area contributed by atoms with E-state index >= 15 is 0 Å². The maximum atomic E-state index is 11.9. The van der Waals surface area contributed by atoms with Gasteiger partial charge < -0.3 is 15.0 Å². The summed E-state index contributed by atoms with van der Waals surface area (Å²) in [6.07, 6.45) is 0.245. The Bertz CT molecular complexity index is 697. The molecule has 2 aromatic rings. The number of rotatable bonds is 7. The number of nitrogens with one attached hydrogen (secondary N) is 1. The molecule has 0 aliphatic rings. The molecule has 0 unspecified atom stereocenters. The third kappa shape index (κ3) is 5.95. The van der Waals surface area contributed by atoms with E-state index in [2.05, 4.69) is 5.32 Å². The summed E-state index contributed by atoms with van der Waals surface area (Å²) in [5.41, 5.74) is 2.79. The minimum absolute atomic E-state index is 0.0512. The van der Waals surface area contributed by atoms with Gasteiger partial charge in [-0.1, -0.05) is 37.3 Å². The van der Waals surface area contributed by atoms with Crippen LogP contribution in [0.25, 0.3) is 0 Å². The molecule has 0 radical (unpaired) electrons. The van der Waals surface area contributed by atoms with Crippen LogP contribution >= 0.6 is 0 Å². The van der Waals surface area contributed by atoms with Crippen LogP contribution in [0.1, 0.15) is 24.8 Å². The molecule has 1 N–H and O–H groups in total. The number of carbonyl (C=O) groups is 2. The average molecular weight is 340 g/mol. The molecule has 2 rings (SSSR count). The highest BCUT2D eigenvalue weighted by molar-refractivity contribution is 5.93. The van der Waals surface area contributed by atoms with Crippen LogP contribution in [0.15, 0.2) is 54.6 Å². The Morgan fingerprint density at radius 2 is 1.68 bits per heavy atom. The molecule has 2 aromatic carbocycles. The van der Waals surface area contributed by atoms with Crippen LogP contribution in [0, 0.1) is 0 Å². The molecule has 0 aromatic heterocycles. The van der Waals surface area contributed by atoms with Crippen LogP contribution in [0.4, 0.5) is 11.4 Å². The average Bonchev–Trinajstić information content (AvgIpc) is 2.61. The van der Waals surface area contributed by atoms with Gasteiger partial charge in [0.1, 0.15) is 0 Å². The van der Waals surface area contributed by atoms with Crippen molar-refractivity contribution in [2.75, 3.05) is 30.9 Å². The molecule has 0 spiro atoms. The molecule has 0 bridgehead atoms. The molecule has 0 fully saturated rings. The summed E-state index contributed by atoms with van der Waals surface area (Å²) in [5.74, 6) is -0.678. The summed E-state index contributed by atoms with van der Waals surface area (Å²) >= 11 is 0. The number of ether oxygens (including phenoxy) is 1. The van der Waals surface area contributed by atoms with Crippen molar-refractivity contribution in [3.05, 3.63) is 60.2 Å². The number of anilines is 2. The van der Waals surface area contributed by atoms with Gasteiger partial charge >= 0.3 is 5.97 Å². The number of benzene rings is 2. The number of hydrogen-bond donors (Lipinski definition) is 1. The van der Waals surface area contributed by atoms with E-state index in [4.69, 9.17) is 4.74 Å². The number of amides is 1. The first-order chi connectivity index (χ1) is 12.0. The lowest BCUT2D eigenvalue weighted by Crippen LogP contribution is -2.21. The van der Waals surface area contributed by atoms with Crippen molar-refractivity contribution in [2.45, 2.75) is 19.3 Å². The normalized spacial score (nSPS) is 11.5. The molecule has 0 saturated carbocycles. The largest absolute Gasteiger partial charge is 0.456 e. The molecule has 1 amide bonds. The summed E-state index contributed by atoms with van der Waals surface area (Å²) in [6, 6.07) is 17.2. The zero-order chi connectivity index (χ0) is 18.2. The SMILES string of the molecule is C[C@H](CC(=O)OCC(=O)Nc1ccc(N(C)C)cc1)c1ccccc1. The maximum Gasteiger partial charge on any atom is 0.306 e. The molecular weight excluding hydrogens is 316 g/mol. The summed E-state index contributed by atoms with van der Waals surface area (Å²) in [7, 11) is 3.90. The third-order valence-corrected chi connectivity index (χ3v) is 3.87. The molecule has 0 heterocycles. The van der Waals surface area contributed by atoms with Gasteiger partial charge in [-0.25, -0.2) is 0 Å². The molecule has 0 aliphatic heterocycles. The van der Waals surface area contributed by atoms with Crippen molar-refractivity contribution in [2.24, 2.45) is 0 Å². The van der Waals surface area contributed by atoms with Crippen LogP contribution in [0.2, 0.25) is 0 Å². The highest BCUT2D eigenvalue weighted by Crippen LogP contribution is 2.19. The summed E-state index contributed by atoms with van der Waals surface area (Å²) in [5, 5.41) is 2.71. The standard InChI is InChI=1S/C20H24N2O3/c1-15(16-7-5-4-6-8-16)13-20(24)25-14-19(23)21-17-9-11-18(12-10-17)22(2)3/h4-12,15H,13-14H2,1-3H3,(H,21,23)/t15-/m1/s1. The van der Waals surface area contributed by atoms with E-state index in [9.17, 15) is 9.59 Å². The molecule has 0 aliphatic carbocycles. The smallest absolute Gasteiger partial charge is 0.306 e. The highest BCUT2D eigenvalue weighted by Gasteiger charge is 2.13. The maximum absolute atomic E-state index is 11.9. The van der Waals surface area contributed by atoms with Crippen molar-refractivity contribution >= 4 is 23.3 Å². The van der Waals surface area contributed by atoms with Gasteiger partial charge in [-0.2, -0.15) is 0 Å². The van der Waals surface area contributed by atoms with Gasteiger partial charge in [0.05, 0.1) is 6.42 Å². The Labute approximate surface area is 148 Å². The second-order valence-corrected chi connectivity index (χ2v) is 6.17. The fourth-order valence-electron chi connectivity index (χ4n) is 2.39. The van der Waals surface area contributed by atoms with Gasteiger partial charge in [0.2, 0.25) is 0 Å². The predicted molar refractivity (Wildman–Crippen MR) is 99.8 cm³/mol. The van der Waals surface area contributed by atoms with E-state index in [1.807, 2.05) is 80.5 Å². The van der Waals surface area contributed by atoms with Gasteiger partial charge in [0, 0.05) is 25.5 Å². The Balaban J connectivity index is 1.76. The van der Waals surface area contributed by atoms with Crippen LogP contribution < -0.4 is 10.2 Å². The van der Waals surface area contributed by atoms with E-state index in [1.165, 1.54) is 0 Å². The van der Waals surface area contributed by atoms with Crippen LogP contribution in [-0.2, 0) is 14.3 Å². The van der Waals surface area contributed by atoms with E-state index in [0.29, 0.717) is 5.69 Å². The second-order valence-electron chi connectivity index (χ2n) is 6.17. The molecule has 5 nitrogen and oxygen atoms in total. The predicted octanol–water partition coefficient (Wildman–Crippen LogP) is 3.43. The van der Waals surface area contributed by atoms with Gasteiger partial charge in [0.25, 0.3) is 5.91 Å². The van der Waals surface area contributed by atoms with E-state index in [1.54, 1.807) is 0 Å². The fraction of sp³-hybridized carbons (Fsp3) is 0.300. The summed E-state index contributed by atoms with van der Waals surface area (Å²) in [6.45, 7) is 1.68. The molecular formula is C20H24N2O3. The van der Waals surface area contributed by atoms with Gasteiger partial charge in [-0.05, 0) is 35.7 Å². The fourth-order valence-corrected chi connectivity index (χ4v) is 2.39. The van der Waals surface area contributed by atoms with Crippen molar-refractivity contribution in [1.29, 1.82) is 0 Å². The number of nitrogens with zero attached hydrogens (tertiary/aromatic N) is 1. The molecule has 1 atom stereocenters. The lowest BCUT2D eigenvalue weighted by molar-refractivity contribution is -0.147. The zero-order valence-electron chi connectivity index (χ0n) is 14.9. The van der Waals surface area contributed by atoms with Crippen LogP contribution in [0.5, 0.6) is 0 Å². The molecule has 25 heavy (non-hydrogen) atoms. The quantitative estimate of drug-likeness (QED) is 0.785. The summed E-state index contributed by atoms with van der Waals surface area (Å²) < 4.78 is 5.07. The van der Waals surface area contributed by atoms with Crippen molar-refractivity contribution in [3.8, 4) is 0 Å². The van der Waals surface area contributed by atoms with Crippen molar-refractivity contribution in [3.63, 3.8) is 0 Å². The number of esters is 1. The Morgan fingerprint density at radius 3 is 2.28 bits per heavy atom.